The molecule has 1 aromatic carbocycles. The van der Waals surface area contributed by atoms with Crippen LogP contribution in [-0.2, 0) is 9.53 Å². The molecule has 1 rings (SSSR count). The Hall–Kier alpha value is -2.50. The molecule has 0 spiro atoms. The number of carbonyl (C=O) groups is 2. The highest BCUT2D eigenvalue weighted by Crippen LogP contribution is 2.30. The van der Waals surface area contributed by atoms with Crippen LogP contribution in [0.25, 0.3) is 6.08 Å². The van der Waals surface area contributed by atoms with Gasteiger partial charge in [-0.3, -0.25) is 4.79 Å². The van der Waals surface area contributed by atoms with E-state index in [0.717, 1.165) is 12.1 Å². The highest BCUT2D eigenvalue weighted by molar-refractivity contribution is 5.89. The fourth-order valence-electron chi connectivity index (χ4n) is 1.41. The molecule has 3 N–H and O–H groups in total. The zero-order valence-electron chi connectivity index (χ0n) is 10.3. The lowest BCUT2D eigenvalue weighted by atomic mass is 10.1. The number of esters is 1. The quantitative estimate of drug-likeness (QED) is 0.701. The van der Waals surface area contributed by atoms with Gasteiger partial charge in [0.05, 0.1) is 24.2 Å². The van der Waals surface area contributed by atoms with Gasteiger partial charge in [-0.1, -0.05) is 12.2 Å². The zero-order chi connectivity index (χ0) is 14.4. The predicted molar refractivity (Wildman–Crippen MR) is 67.0 cm³/mol. The second-order valence-corrected chi connectivity index (χ2v) is 3.64. The number of aromatic hydroxyl groups is 2. The van der Waals surface area contributed by atoms with E-state index in [2.05, 4.69) is 0 Å². The Morgan fingerprint density at radius 3 is 2.32 bits per heavy atom. The first-order valence-corrected chi connectivity index (χ1v) is 5.57. The predicted octanol–water partition coefficient (Wildman–Crippen LogP) is 1.76. The van der Waals surface area contributed by atoms with Crippen LogP contribution in [0.2, 0.25) is 0 Å². The lowest BCUT2D eigenvalue weighted by Crippen LogP contribution is -2.01. The largest absolute Gasteiger partial charge is 0.507 e. The first-order chi connectivity index (χ1) is 8.95. The number of hydrogen-bond donors (Lipinski definition) is 3. The molecule has 0 aliphatic heterocycles. The summed E-state index contributed by atoms with van der Waals surface area (Å²) >= 11 is 0. The minimum absolute atomic E-state index is 0.00655. The van der Waals surface area contributed by atoms with E-state index in [-0.39, 0.29) is 35.7 Å². The van der Waals surface area contributed by atoms with Crippen molar-refractivity contribution in [1.29, 1.82) is 0 Å². The Bertz CT molecular complexity index is 495. The van der Waals surface area contributed by atoms with Gasteiger partial charge in [-0.05, 0) is 19.1 Å². The maximum Gasteiger partial charge on any atom is 0.335 e. The fourth-order valence-corrected chi connectivity index (χ4v) is 1.41. The van der Waals surface area contributed by atoms with Gasteiger partial charge < -0.3 is 20.1 Å². The molecule has 0 bridgehead atoms. The topological polar surface area (TPSA) is 104 Å². The number of phenolic OH excluding ortho intramolecular Hbond substituents is 2. The molecule has 6 nitrogen and oxygen atoms in total. The molecular formula is C13H14O6. The summed E-state index contributed by atoms with van der Waals surface area (Å²) in [5.41, 5.74) is -0.174. The van der Waals surface area contributed by atoms with Gasteiger partial charge in [0.2, 0.25) is 0 Å². The first kappa shape index (κ1) is 14.6. The molecule has 0 aliphatic carbocycles. The van der Waals surface area contributed by atoms with Gasteiger partial charge >= 0.3 is 11.9 Å². The summed E-state index contributed by atoms with van der Waals surface area (Å²) in [6, 6.07) is 2.04. The number of benzene rings is 1. The van der Waals surface area contributed by atoms with Crippen LogP contribution in [0, 0.1) is 0 Å². The molecule has 0 aliphatic rings. The van der Waals surface area contributed by atoms with Gasteiger partial charge in [0.1, 0.15) is 11.5 Å². The summed E-state index contributed by atoms with van der Waals surface area (Å²) in [7, 11) is 0. The molecule has 0 saturated heterocycles. The van der Waals surface area contributed by atoms with Crippen molar-refractivity contribution in [3.05, 3.63) is 29.3 Å². The summed E-state index contributed by atoms with van der Waals surface area (Å²) in [6.45, 7) is 1.96. The summed E-state index contributed by atoms with van der Waals surface area (Å²) in [6.07, 6.45) is 2.73. The van der Waals surface area contributed by atoms with Crippen molar-refractivity contribution < 1.29 is 29.6 Å². The number of carbonyl (C=O) groups excluding carboxylic acids is 1. The molecule has 0 aromatic heterocycles. The number of aromatic carboxylic acids is 1. The van der Waals surface area contributed by atoms with Gasteiger partial charge in [-0.2, -0.15) is 0 Å². The molecule has 0 atom stereocenters. The van der Waals surface area contributed by atoms with Crippen molar-refractivity contribution >= 4 is 18.0 Å². The molecule has 1 aromatic rings. The molecule has 6 heteroatoms. The van der Waals surface area contributed by atoms with Crippen molar-refractivity contribution in [2.24, 2.45) is 0 Å². The number of rotatable bonds is 5. The van der Waals surface area contributed by atoms with E-state index < -0.39 is 11.9 Å². The van der Waals surface area contributed by atoms with Crippen molar-refractivity contribution in [3.63, 3.8) is 0 Å². The van der Waals surface area contributed by atoms with Crippen LogP contribution in [0.15, 0.2) is 18.2 Å². The van der Waals surface area contributed by atoms with Crippen molar-refractivity contribution in [1.82, 2.24) is 0 Å². The molecule has 0 amide bonds. The van der Waals surface area contributed by atoms with Crippen LogP contribution < -0.4 is 0 Å². The average molecular weight is 266 g/mol. The second-order valence-electron chi connectivity index (χ2n) is 3.64. The Morgan fingerprint density at radius 2 is 1.84 bits per heavy atom. The van der Waals surface area contributed by atoms with Crippen LogP contribution in [0.3, 0.4) is 0 Å². The van der Waals surface area contributed by atoms with Crippen LogP contribution in [0.4, 0.5) is 0 Å². The maximum atomic E-state index is 11.1. The lowest BCUT2D eigenvalue weighted by molar-refractivity contribution is -0.142. The standard InChI is InChI=1S/C13H14O6/c1-2-19-12(16)5-3-4-9-10(14)6-8(13(17)18)7-11(9)15/h3-4,6-7,14-15H,2,5H2,1H3,(H,17,18). The number of phenols is 2. The van der Waals surface area contributed by atoms with E-state index in [4.69, 9.17) is 9.84 Å². The minimum Gasteiger partial charge on any atom is -0.507 e. The highest BCUT2D eigenvalue weighted by Gasteiger charge is 2.11. The number of carboxylic acids is 1. The van der Waals surface area contributed by atoms with Gasteiger partial charge in [0.15, 0.2) is 0 Å². The molecule has 0 radical (unpaired) electrons. The monoisotopic (exact) mass is 266 g/mol. The van der Waals surface area contributed by atoms with Crippen LogP contribution in [0.5, 0.6) is 11.5 Å². The molecule has 19 heavy (non-hydrogen) atoms. The van der Waals surface area contributed by atoms with Gasteiger partial charge in [-0.25, -0.2) is 4.79 Å². The summed E-state index contributed by atoms with van der Waals surface area (Å²) in [5, 5.41) is 27.9. The van der Waals surface area contributed by atoms with Crippen LogP contribution in [-0.4, -0.2) is 33.9 Å². The molecule has 102 valence electrons. The van der Waals surface area contributed by atoms with Crippen LogP contribution >= 0.6 is 0 Å². The molecule has 0 fully saturated rings. The van der Waals surface area contributed by atoms with Crippen molar-refractivity contribution in [2.45, 2.75) is 13.3 Å². The molecular weight excluding hydrogens is 252 g/mol. The van der Waals surface area contributed by atoms with Crippen molar-refractivity contribution in [3.8, 4) is 11.5 Å². The summed E-state index contributed by atoms with van der Waals surface area (Å²) < 4.78 is 4.70. The van der Waals surface area contributed by atoms with Crippen molar-refractivity contribution in [2.75, 3.05) is 6.61 Å². The molecule has 0 saturated carbocycles. The third kappa shape index (κ3) is 4.02. The highest BCUT2D eigenvalue weighted by atomic mass is 16.5. The van der Waals surface area contributed by atoms with E-state index in [1.54, 1.807) is 6.92 Å². The van der Waals surface area contributed by atoms with Crippen LogP contribution in [0.1, 0.15) is 29.3 Å². The van der Waals surface area contributed by atoms with E-state index in [1.807, 2.05) is 0 Å². The van der Waals surface area contributed by atoms with E-state index in [0.29, 0.717) is 0 Å². The smallest absolute Gasteiger partial charge is 0.335 e. The number of carboxylic acid groups (broad SMARTS) is 1. The minimum atomic E-state index is -1.26. The Labute approximate surface area is 109 Å². The number of hydrogen-bond acceptors (Lipinski definition) is 5. The zero-order valence-corrected chi connectivity index (χ0v) is 10.3. The molecule has 0 unspecified atom stereocenters. The number of ether oxygens (including phenoxy) is 1. The second kappa shape index (κ2) is 6.44. The fraction of sp³-hybridized carbons (Fsp3) is 0.231. The average Bonchev–Trinajstić information content (AvgIpc) is 2.32. The Morgan fingerprint density at radius 1 is 1.26 bits per heavy atom. The first-order valence-electron chi connectivity index (χ1n) is 5.57. The third-order valence-electron chi connectivity index (χ3n) is 2.26. The van der Waals surface area contributed by atoms with Gasteiger partial charge in [0.25, 0.3) is 0 Å². The SMILES string of the molecule is CCOC(=O)CC=Cc1c(O)cc(C(=O)O)cc1O. The lowest BCUT2D eigenvalue weighted by Gasteiger charge is -2.04. The Balaban J connectivity index is 2.87. The molecule has 0 heterocycles. The van der Waals surface area contributed by atoms with E-state index >= 15 is 0 Å². The summed E-state index contributed by atoms with van der Waals surface area (Å²) in [4.78, 5) is 21.8. The van der Waals surface area contributed by atoms with Gasteiger partial charge in [0, 0.05) is 0 Å². The maximum absolute atomic E-state index is 11.1. The van der Waals surface area contributed by atoms with Gasteiger partial charge in [-0.15, -0.1) is 0 Å². The summed E-state index contributed by atoms with van der Waals surface area (Å²) in [5.74, 6) is -2.44. The normalized spacial score (nSPS) is 10.6. The van der Waals surface area contributed by atoms with E-state index in [9.17, 15) is 19.8 Å². The third-order valence-corrected chi connectivity index (χ3v) is 2.26. The Kier molecular flexibility index (Phi) is 4.93. The van der Waals surface area contributed by atoms with E-state index in [1.165, 1.54) is 12.2 Å².